The van der Waals surface area contributed by atoms with Crippen molar-refractivity contribution in [2.75, 3.05) is 6.61 Å². The molecular weight excluding hydrogens is 260 g/mol. The fourth-order valence-electron chi connectivity index (χ4n) is 4.28. The van der Waals surface area contributed by atoms with Gasteiger partial charge in [0, 0.05) is 12.3 Å². The lowest BCUT2D eigenvalue weighted by Gasteiger charge is -2.35. The molecule has 2 nitrogen and oxygen atoms in total. The van der Waals surface area contributed by atoms with Gasteiger partial charge >= 0.3 is 5.97 Å². The van der Waals surface area contributed by atoms with Gasteiger partial charge in [0.2, 0.25) is 0 Å². The van der Waals surface area contributed by atoms with Crippen molar-refractivity contribution in [2.24, 2.45) is 23.7 Å². The van der Waals surface area contributed by atoms with Gasteiger partial charge in [-0.05, 0) is 37.0 Å². The third kappa shape index (κ3) is 4.59. The summed E-state index contributed by atoms with van der Waals surface area (Å²) in [5.74, 6) is 2.82. The number of rotatable bonds is 8. The monoisotopic (exact) mass is 292 g/mol. The molecule has 1 saturated carbocycles. The molecule has 1 fully saturated rings. The highest BCUT2D eigenvalue weighted by molar-refractivity contribution is 5.69. The number of ether oxygens (including phenoxy) is 1. The summed E-state index contributed by atoms with van der Waals surface area (Å²) in [5, 5.41) is 0. The third-order valence-electron chi connectivity index (χ3n) is 5.47. The molecule has 0 bridgehead atoms. The zero-order valence-electron chi connectivity index (χ0n) is 13.9. The zero-order valence-corrected chi connectivity index (χ0v) is 13.9. The van der Waals surface area contributed by atoms with Crippen LogP contribution in [0, 0.1) is 23.7 Å². The van der Waals surface area contributed by atoms with E-state index in [-0.39, 0.29) is 5.97 Å². The maximum absolute atomic E-state index is 11.8. The fraction of sp³-hybridized carbons (Fsp3) is 0.842. The van der Waals surface area contributed by atoms with E-state index in [1.165, 1.54) is 38.5 Å². The summed E-state index contributed by atoms with van der Waals surface area (Å²) in [7, 11) is 0. The van der Waals surface area contributed by atoms with Crippen molar-refractivity contribution >= 4 is 5.97 Å². The second-order valence-electron chi connectivity index (χ2n) is 6.87. The first-order chi connectivity index (χ1) is 10.3. The molecule has 0 radical (unpaired) electrons. The Labute approximate surface area is 130 Å². The van der Waals surface area contributed by atoms with Crippen LogP contribution >= 0.6 is 0 Å². The molecule has 0 heterocycles. The van der Waals surface area contributed by atoms with Crippen LogP contribution in [-0.2, 0) is 9.53 Å². The van der Waals surface area contributed by atoms with Gasteiger partial charge in [-0.15, -0.1) is 0 Å². The van der Waals surface area contributed by atoms with Crippen LogP contribution in [-0.4, -0.2) is 12.6 Å². The van der Waals surface area contributed by atoms with Crippen LogP contribution in [0.4, 0.5) is 0 Å². The van der Waals surface area contributed by atoms with Crippen LogP contribution in [0.25, 0.3) is 0 Å². The smallest absolute Gasteiger partial charge is 0.305 e. The molecule has 2 rings (SSSR count). The Morgan fingerprint density at radius 1 is 1.14 bits per heavy atom. The van der Waals surface area contributed by atoms with E-state index < -0.39 is 0 Å². The van der Waals surface area contributed by atoms with E-state index in [1.54, 1.807) is 0 Å². The van der Waals surface area contributed by atoms with Gasteiger partial charge in [-0.2, -0.15) is 0 Å². The molecule has 0 aromatic carbocycles. The lowest BCUT2D eigenvalue weighted by molar-refractivity contribution is -0.145. The third-order valence-corrected chi connectivity index (χ3v) is 5.47. The number of fused-ring (bicyclic) bond motifs is 1. The number of unbranched alkanes of at least 4 members (excludes halogenated alkanes) is 3. The van der Waals surface area contributed by atoms with Crippen molar-refractivity contribution in [2.45, 2.75) is 71.6 Å². The van der Waals surface area contributed by atoms with Gasteiger partial charge in [-0.1, -0.05) is 58.1 Å². The molecule has 0 saturated heterocycles. The second-order valence-corrected chi connectivity index (χ2v) is 6.87. The van der Waals surface area contributed by atoms with Crippen LogP contribution < -0.4 is 0 Å². The van der Waals surface area contributed by atoms with E-state index in [4.69, 9.17) is 4.74 Å². The lowest BCUT2D eigenvalue weighted by Crippen LogP contribution is -2.31. The molecule has 2 aliphatic rings. The maximum atomic E-state index is 11.8. The molecule has 4 atom stereocenters. The summed E-state index contributed by atoms with van der Waals surface area (Å²) in [6, 6.07) is 0. The van der Waals surface area contributed by atoms with E-state index in [0.29, 0.717) is 18.9 Å². The molecule has 2 heteroatoms. The van der Waals surface area contributed by atoms with Gasteiger partial charge in [0.15, 0.2) is 0 Å². The van der Waals surface area contributed by atoms with Crippen molar-refractivity contribution in [3.63, 3.8) is 0 Å². The summed E-state index contributed by atoms with van der Waals surface area (Å²) >= 11 is 0. The predicted octanol–water partition coefficient (Wildman–Crippen LogP) is 5.13. The van der Waals surface area contributed by atoms with Crippen molar-refractivity contribution < 1.29 is 9.53 Å². The first-order valence-corrected chi connectivity index (χ1v) is 9.10. The minimum absolute atomic E-state index is 0.00269. The maximum Gasteiger partial charge on any atom is 0.305 e. The molecule has 0 aliphatic heterocycles. The highest BCUT2D eigenvalue weighted by Gasteiger charge is 2.38. The van der Waals surface area contributed by atoms with Crippen LogP contribution in [0.3, 0.4) is 0 Å². The number of esters is 1. The Morgan fingerprint density at radius 2 is 2.00 bits per heavy atom. The number of allylic oxidation sites excluding steroid dienone is 1. The molecule has 2 aliphatic carbocycles. The van der Waals surface area contributed by atoms with Crippen LogP contribution in [0.15, 0.2) is 12.2 Å². The summed E-state index contributed by atoms with van der Waals surface area (Å²) in [4.78, 5) is 11.8. The molecular formula is C19H32O2. The first kappa shape index (κ1) is 16.6. The molecule has 0 aromatic heterocycles. The van der Waals surface area contributed by atoms with Crippen molar-refractivity contribution in [1.82, 2.24) is 0 Å². The largest absolute Gasteiger partial charge is 0.465 e. The standard InChI is InChI=1S/C19H32O2/c1-3-5-6-7-11-19(20)21-14-16-13-12-15-9-8-10-18(15)17(16)4-2/h12-13,15-18H,3-11,14H2,1-2H3. The van der Waals surface area contributed by atoms with Crippen LogP contribution in [0.1, 0.15) is 71.6 Å². The number of hydrogen-bond donors (Lipinski definition) is 0. The molecule has 4 unspecified atom stereocenters. The number of hydrogen-bond acceptors (Lipinski definition) is 2. The van der Waals surface area contributed by atoms with Gasteiger partial charge < -0.3 is 4.74 Å². The lowest BCUT2D eigenvalue weighted by atomic mass is 9.71. The highest BCUT2D eigenvalue weighted by atomic mass is 16.5. The minimum Gasteiger partial charge on any atom is -0.465 e. The number of carbonyl (C=O) groups excluding carboxylic acids is 1. The summed E-state index contributed by atoms with van der Waals surface area (Å²) < 4.78 is 5.55. The summed E-state index contributed by atoms with van der Waals surface area (Å²) in [6.07, 6.45) is 15.2. The average molecular weight is 292 g/mol. The van der Waals surface area contributed by atoms with Gasteiger partial charge in [-0.25, -0.2) is 0 Å². The van der Waals surface area contributed by atoms with Crippen molar-refractivity contribution in [3.8, 4) is 0 Å². The highest BCUT2D eigenvalue weighted by Crippen LogP contribution is 2.45. The summed E-state index contributed by atoms with van der Waals surface area (Å²) in [6.45, 7) is 5.08. The fourth-order valence-corrected chi connectivity index (χ4v) is 4.28. The average Bonchev–Trinajstić information content (AvgIpc) is 2.97. The molecule has 0 N–H and O–H groups in total. The van der Waals surface area contributed by atoms with Crippen LogP contribution in [0.2, 0.25) is 0 Å². The topological polar surface area (TPSA) is 26.3 Å². The van der Waals surface area contributed by atoms with Crippen molar-refractivity contribution in [1.29, 1.82) is 0 Å². The second kappa shape index (κ2) is 8.60. The zero-order chi connectivity index (χ0) is 15.1. The first-order valence-electron chi connectivity index (χ1n) is 9.10. The van der Waals surface area contributed by atoms with E-state index in [2.05, 4.69) is 26.0 Å². The Bertz CT molecular complexity index is 347. The van der Waals surface area contributed by atoms with Crippen molar-refractivity contribution in [3.05, 3.63) is 12.2 Å². The Kier molecular flexibility index (Phi) is 6.79. The Balaban J connectivity index is 1.74. The Hall–Kier alpha value is -0.790. The van der Waals surface area contributed by atoms with Gasteiger partial charge in [0.1, 0.15) is 0 Å². The molecule has 21 heavy (non-hydrogen) atoms. The normalized spacial score (nSPS) is 31.1. The van der Waals surface area contributed by atoms with Gasteiger partial charge in [0.25, 0.3) is 0 Å². The van der Waals surface area contributed by atoms with E-state index >= 15 is 0 Å². The molecule has 0 amide bonds. The quantitative estimate of drug-likeness (QED) is 0.352. The number of carbonyl (C=O) groups is 1. The predicted molar refractivity (Wildman–Crippen MR) is 87.0 cm³/mol. The van der Waals surface area contributed by atoms with Gasteiger partial charge in [0.05, 0.1) is 6.61 Å². The Morgan fingerprint density at radius 3 is 2.76 bits per heavy atom. The van der Waals surface area contributed by atoms with E-state index in [1.807, 2.05) is 0 Å². The molecule has 0 aromatic rings. The SMILES string of the molecule is CCCCCCC(=O)OCC1C=CC2CCCC2C1CC. The molecule has 0 spiro atoms. The van der Waals surface area contributed by atoms with E-state index in [0.717, 1.165) is 30.6 Å². The molecule has 120 valence electrons. The van der Waals surface area contributed by atoms with E-state index in [9.17, 15) is 4.79 Å². The minimum atomic E-state index is 0.00269. The summed E-state index contributed by atoms with van der Waals surface area (Å²) in [5.41, 5.74) is 0. The van der Waals surface area contributed by atoms with Gasteiger partial charge in [-0.3, -0.25) is 4.79 Å². The van der Waals surface area contributed by atoms with Crippen LogP contribution in [0.5, 0.6) is 0 Å².